The number of carbonyl (C=O) groups excluding carboxylic acids is 1. The van der Waals surface area contributed by atoms with E-state index in [0.717, 1.165) is 11.3 Å². The summed E-state index contributed by atoms with van der Waals surface area (Å²) < 4.78 is 10.2. The van der Waals surface area contributed by atoms with Gasteiger partial charge in [0.2, 0.25) is 0 Å². The number of ether oxygens (including phenoxy) is 2. The Morgan fingerprint density at radius 1 is 1.24 bits per heavy atom. The molecule has 0 radical (unpaired) electrons. The highest BCUT2D eigenvalue weighted by molar-refractivity contribution is 7.15. The van der Waals surface area contributed by atoms with Gasteiger partial charge in [0.05, 0.1) is 7.11 Å². The van der Waals surface area contributed by atoms with E-state index in [2.05, 4.69) is 30.5 Å². The molecule has 0 spiro atoms. The van der Waals surface area contributed by atoms with Crippen LogP contribution in [-0.2, 0) is 10.2 Å². The van der Waals surface area contributed by atoms with Gasteiger partial charge in [0.25, 0.3) is 5.19 Å². The molecule has 0 atom stereocenters. The summed E-state index contributed by atoms with van der Waals surface area (Å²) in [6.45, 7) is 6.43. The second-order valence-electron chi connectivity index (χ2n) is 5.47. The van der Waals surface area contributed by atoms with Crippen molar-refractivity contribution in [1.82, 2.24) is 4.98 Å². The van der Waals surface area contributed by atoms with E-state index in [4.69, 9.17) is 16.3 Å². The zero-order valence-corrected chi connectivity index (χ0v) is 13.8. The summed E-state index contributed by atoms with van der Waals surface area (Å²) in [4.78, 5) is 15.7. The van der Waals surface area contributed by atoms with Crippen molar-refractivity contribution in [3.63, 3.8) is 0 Å². The number of benzene rings is 1. The van der Waals surface area contributed by atoms with Gasteiger partial charge in [-0.05, 0) is 23.1 Å². The van der Waals surface area contributed by atoms with Crippen molar-refractivity contribution in [2.24, 2.45) is 0 Å². The van der Waals surface area contributed by atoms with Crippen LogP contribution >= 0.6 is 22.9 Å². The van der Waals surface area contributed by atoms with Gasteiger partial charge in [0.15, 0.2) is 10.0 Å². The minimum atomic E-state index is -0.518. The lowest BCUT2D eigenvalue weighted by molar-refractivity contribution is 0.0606. The van der Waals surface area contributed by atoms with E-state index in [-0.39, 0.29) is 15.4 Å². The van der Waals surface area contributed by atoms with Crippen molar-refractivity contribution in [2.75, 3.05) is 7.11 Å². The van der Waals surface area contributed by atoms with E-state index in [0.29, 0.717) is 10.9 Å². The second-order valence-corrected chi connectivity index (χ2v) is 6.79. The Bertz CT molecular complexity index is 644. The highest BCUT2D eigenvalue weighted by atomic mass is 35.5. The van der Waals surface area contributed by atoms with Crippen molar-refractivity contribution in [2.45, 2.75) is 26.2 Å². The molecule has 2 aromatic rings. The third kappa shape index (κ3) is 3.74. The number of hydrogen-bond donors (Lipinski definition) is 0. The fourth-order valence-corrected chi connectivity index (χ4v) is 2.73. The van der Waals surface area contributed by atoms with Crippen LogP contribution in [0, 0.1) is 0 Å². The average Bonchev–Trinajstić information content (AvgIpc) is 2.78. The maximum Gasteiger partial charge on any atom is 0.351 e. The third-order valence-corrected chi connectivity index (χ3v) is 4.16. The maximum atomic E-state index is 11.5. The second kappa shape index (κ2) is 6.03. The van der Waals surface area contributed by atoms with Crippen molar-refractivity contribution in [3.8, 4) is 10.9 Å². The Morgan fingerprint density at radius 3 is 2.38 bits per heavy atom. The summed E-state index contributed by atoms with van der Waals surface area (Å²) in [5, 5.41) is 0.400. The smallest absolute Gasteiger partial charge is 0.351 e. The third-order valence-electron chi connectivity index (χ3n) is 2.86. The van der Waals surface area contributed by atoms with Crippen LogP contribution in [0.3, 0.4) is 0 Å². The number of carbonyl (C=O) groups is 1. The molecule has 0 bridgehead atoms. The molecule has 21 heavy (non-hydrogen) atoms. The van der Waals surface area contributed by atoms with Crippen molar-refractivity contribution < 1.29 is 14.3 Å². The number of esters is 1. The molecule has 0 amide bonds. The largest absolute Gasteiger partial charge is 0.465 e. The van der Waals surface area contributed by atoms with E-state index in [9.17, 15) is 4.79 Å². The Labute approximate surface area is 132 Å². The van der Waals surface area contributed by atoms with Crippen LogP contribution in [0.25, 0.3) is 0 Å². The quantitative estimate of drug-likeness (QED) is 0.769. The molecule has 0 fully saturated rings. The molecule has 0 unspecified atom stereocenters. The molecule has 1 aromatic carbocycles. The fourth-order valence-electron chi connectivity index (χ4n) is 1.67. The van der Waals surface area contributed by atoms with E-state index in [1.54, 1.807) is 0 Å². The van der Waals surface area contributed by atoms with Crippen LogP contribution in [0.15, 0.2) is 24.3 Å². The molecule has 1 heterocycles. The molecule has 0 saturated carbocycles. The summed E-state index contributed by atoms with van der Waals surface area (Å²) in [5.41, 5.74) is 1.29. The molecule has 0 N–H and O–H groups in total. The molecule has 0 aliphatic carbocycles. The first-order chi connectivity index (χ1) is 9.81. The molecule has 0 aliphatic rings. The normalized spacial score (nSPS) is 11.3. The lowest BCUT2D eigenvalue weighted by Gasteiger charge is -2.18. The maximum absolute atomic E-state index is 11.5. The summed E-state index contributed by atoms with van der Waals surface area (Å²) in [6.07, 6.45) is 0. The monoisotopic (exact) mass is 325 g/mol. The first-order valence-corrected chi connectivity index (χ1v) is 7.54. The molecule has 112 valence electrons. The van der Waals surface area contributed by atoms with E-state index in [1.807, 2.05) is 24.3 Å². The molecular weight excluding hydrogens is 310 g/mol. The number of rotatable bonds is 3. The van der Waals surface area contributed by atoms with Crippen LogP contribution in [0.4, 0.5) is 0 Å². The van der Waals surface area contributed by atoms with Crippen LogP contribution in [0.2, 0.25) is 5.15 Å². The molecule has 0 aliphatic heterocycles. The fraction of sp³-hybridized carbons (Fsp3) is 0.333. The zero-order valence-electron chi connectivity index (χ0n) is 12.3. The van der Waals surface area contributed by atoms with Gasteiger partial charge in [-0.15, -0.1) is 0 Å². The summed E-state index contributed by atoms with van der Waals surface area (Å²) in [6, 6.07) is 7.75. The Kier molecular flexibility index (Phi) is 4.54. The number of thiazole rings is 1. The number of methoxy groups -OCH3 is 1. The molecule has 1 aromatic heterocycles. The number of hydrogen-bond acceptors (Lipinski definition) is 5. The van der Waals surface area contributed by atoms with Gasteiger partial charge in [-0.2, -0.15) is 4.98 Å². The lowest BCUT2D eigenvalue weighted by Crippen LogP contribution is -2.10. The molecule has 0 saturated heterocycles. The van der Waals surface area contributed by atoms with Crippen molar-refractivity contribution >= 4 is 28.9 Å². The molecule has 4 nitrogen and oxygen atoms in total. The van der Waals surface area contributed by atoms with Gasteiger partial charge < -0.3 is 9.47 Å². The number of halogens is 1. The predicted octanol–water partition coefficient (Wildman–Crippen LogP) is 4.67. The first-order valence-electron chi connectivity index (χ1n) is 6.34. The van der Waals surface area contributed by atoms with E-state index in [1.165, 1.54) is 12.7 Å². The average molecular weight is 326 g/mol. The topological polar surface area (TPSA) is 48.4 Å². The zero-order chi connectivity index (χ0) is 15.6. The number of nitrogens with zero attached hydrogens (tertiary/aromatic N) is 1. The van der Waals surface area contributed by atoms with Gasteiger partial charge in [0, 0.05) is 0 Å². The lowest BCUT2D eigenvalue weighted by atomic mass is 9.87. The minimum absolute atomic E-state index is 0.0844. The SMILES string of the molecule is COC(=O)c1sc(Oc2ccc(C(C)(C)C)cc2)nc1Cl. The van der Waals surface area contributed by atoms with Crippen molar-refractivity contribution in [3.05, 3.63) is 39.9 Å². The summed E-state index contributed by atoms with van der Waals surface area (Å²) in [7, 11) is 1.30. The number of aromatic nitrogens is 1. The molecule has 6 heteroatoms. The van der Waals surface area contributed by atoms with Gasteiger partial charge in [0.1, 0.15) is 5.75 Å². The van der Waals surface area contributed by atoms with Gasteiger partial charge in [-0.25, -0.2) is 4.79 Å². The minimum Gasteiger partial charge on any atom is -0.465 e. The van der Waals surface area contributed by atoms with Crippen LogP contribution in [-0.4, -0.2) is 18.1 Å². The van der Waals surface area contributed by atoms with Crippen LogP contribution < -0.4 is 4.74 Å². The Balaban J connectivity index is 2.17. The summed E-state index contributed by atoms with van der Waals surface area (Å²) >= 11 is 6.95. The highest BCUT2D eigenvalue weighted by Gasteiger charge is 2.19. The predicted molar refractivity (Wildman–Crippen MR) is 83.7 cm³/mol. The van der Waals surface area contributed by atoms with Gasteiger partial charge in [-0.1, -0.05) is 55.8 Å². The van der Waals surface area contributed by atoms with E-state index >= 15 is 0 Å². The van der Waals surface area contributed by atoms with Gasteiger partial charge >= 0.3 is 5.97 Å². The standard InChI is InChI=1S/C15H16ClNO3S/c1-15(2,3)9-5-7-10(8-6-9)20-14-17-12(16)11(21-14)13(18)19-4/h5-8H,1-4H3. The Morgan fingerprint density at radius 2 is 1.86 bits per heavy atom. The first kappa shape index (κ1) is 15.8. The van der Waals surface area contributed by atoms with Crippen molar-refractivity contribution in [1.29, 1.82) is 0 Å². The van der Waals surface area contributed by atoms with E-state index < -0.39 is 5.97 Å². The Hall–Kier alpha value is -1.59. The highest BCUT2D eigenvalue weighted by Crippen LogP contribution is 2.33. The molecular formula is C15H16ClNO3S. The summed E-state index contributed by atoms with van der Waals surface area (Å²) in [5.74, 6) is 0.125. The molecule has 2 rings (SSSR count). The van der Waals surface area contributed by atoms with Crippen LogP contribution in [0.5, 0.6) is 10.9 Å². The van der Waals surface area contributed by atoms with Gasteiger partial charge in [-0.3, -0.25) is 0 Å². The van der Waals surface area contributed by atoms with Crippen LogP contribution in [0.1, 0.15) is 36.0 Å².